The fourth-order valence-electron chi connectivity index (χ4n) is 10.7. The number of ether oxygens (including phenoxy) is 5. The van der Waals surface area contributed by atoms with Crippen LogP contribution in [0.4, 0.5) is 0 Å². The second-order valence-electron chi connectivity index (χ2n) is 20.4. The minimum atomic E-state index is -2.43. The SMILES string of the molecule is CO[C@H]1C[C@@H]2CC[C@@H](C)[C@@](O)(O2)C(=O)C(=O)N2CCCC[C@H]2C(=O)O[C@H]([C@H](C)C[C@@H]2CCC(n3cnnn3)[C@H](OC)C2)CC(=O)[C@H](C)/C=C(\C)[C@@H](O)[C@@H](OC)C(=O)[C@H](C)C[C@H](C)/C=C/C=C/C=C/1C. The molecule has 2 N–H and O–H groups in total. The largest absolute Gasteiger partial charge is 0.460 e. The first-order valence-electron chi connectivity index (χ1n) is 25.0. The molecule has 0 spiro atoms. The molecule has 17 heteroatoms. The second-order valence-corrected chi connectivity index (χ2v) is 20.4. The molecule has 3 aliphatic heterocycles. The number of rotatable bonds is 7. The molecule has 0 radical (unpaired) electrons. The van der Waals surface area contributed by atoms with E-state index in [9.17, 15) is 34.2 Å². The van der Waals surface area contributed by atoms with Crippen LogP contribution in [-0.2, 0) is 47.7 Å². The standard InChI is InChI=1S/C52H79N5O12/c1-31-16-12-11-13-17-32(2)43(65-8)28-39-21-19-37(7)52(64,69-39)49(61)50(62)56-23-15-14-18-41(56)51(63)68-44(34(4)26-38-20-22-40(45(27-38)66-9)57-30-53-54-55-57)29-42(58)33(3)25-36(6)47(60)48(67-10)46(59)35(5)24-31/h11-13,16-17,25,30-31,33-35,37-41,43-45,47-48,60,64H,14-15,18-24,26-29H2,1-10H3/b13-11+,16-12+,32-17+,36-25+/t31-,33-,34-,35-,37-,38+,39+,40?,41+,43+,44+,45-,47-,48+,52-/m1/s1. The van der Waals surface area contributed by atoms with E-state index in [1.54, 1.807) is 52.1 Å². The first-order valence-corrected chi connectivity index (χ1v) is 25.0. The van der Waals surface area contributed by atoms with E-state index in [4.69, 9.17) is 23.7 Å². The van der Waals surface area contributed by atoms with E-state index in [0.717, 1.165) is 18.4 Å². The Bertz CT molecular complexity index is 2020. The quantitative estimate of drug-likeness (QED) is 0.181. The van der Waals surface area contributed by atoms with Crippen LogP contribution < -0.4 is 0 Å². The Morgan fingerprint density at radius 2 is 1.64 bits per heavy atom. The number of ketones is 3. The molecule has 2 bridgehead atoms. The van der Waals surface area contributed by atoms with Crippen molar-refractivity contribution in [2.24, 2.45) is 35.5 Å². The number of allylic oxidation sites excluding steroid dienone is 6. The highest BCUT2D eigenvalue weighted by Gasteiger charge is 2.53. The first-order chi connectivity index (χ1) is 32.8. The number of carbonyl (C=O) groups is 5. The number of nitrogens with zero attached hydrogens (tertiary/aromatic N) is 5. The van der Waals surface area contributed by atoms with Crippen LogP contribution in [0, 0.1) is 35.5 Å². The van der Waals surface area contributed by atoms with Gasteiger partial charge in [0.1, 0.15) is 36.5 Å². The van der Waals surface area contributed by atoms with Gasteiger partial charge in [-0.25, -0.2) is 9.48 Å². The maximum absolute atomic E-state index is 14.5. The predicted octanol–water partition coefficient (Wildman–Crippen LogP) is 6.05. The van der Waals surface area contributed by atoms with Crippen molar-refractivity contribution in [2.75, 3.05) is 27.9 Å². The predicted molar refractivity (Wildman–Crippen MR) is 256 cm³/mol. The molecule has 17 nitrogen and oxygen atoms in total. The zero-order chi connectivity index (χ0) is 50.6. The van der Waals surface area contributed by atoms with Gasteiger partial charge >= 0.3 is 5.97 Å². The molecule has 2 saturated heterocycles. The molecule has 1 amide bonds. The van der Waals surface area contributed by atoms with Gasteiger partial charge in [0.25, 0.3) is 11.7 Å². The number of aromatic nitrogens is 4. The van der Waals surface area contributed by atoms with Gasteiger partial charge in [-0.05, 0) is 117 Å². The molecule has 4 heterocycles. The fraction of sp³-hybridized carbons (Fsp3) is 0.731. The Labute approximate surface area is 408 Å². The number of fused-ring (bicyclic) bond motifs is 3. The lowest BCUT2D eigenvalue weighted by atomic mass is 9.77. The van der Waals surface area contributed by atoms with Crippen molar-refractivity contribution in [3.05, 3.63) is 53.9 Å². The van der Waals surface area contributed by atoms with Gasteiger partial charge in [0.15, 0.2) is 5.78 Å². The van der Waals surface area contributed by atoms with E-state index in [-0.39, 0.29) is 60.9 Å². The number of hydrogen-bond acceptors (Lipinski definition) is 15. The molecular formula is C52H79N5O12. The number of Topliss-reactive ketones (excluding diaryl/α,β-unsaturated/α-hetero) is 3. The summed E-state index contributed by atoms with van der Waals surface area (Å²) in [6.07, 6.45) is 13.9. The Morgan fingerprint density at radius 1 is 0.884 bits per heavy atom. The van der Waals surface area contributed by atoms with Crippen LogP contribution >= 0.6 is 0 Å². The number of cyclic esters (lactones) is 1. The third-order valence-corrected chi connectivity index (χ3v) is 15.2. The van der Waals surface area contributed by atoms with Crippen molar-refractivity contribution in [3.63, 3.8) is 0 Å². The number of piperidine rings is 1. The summed E-state index contributed by atoms with van der Waals surface area (Å²) in [4.78, 5) is 72.3. The van der Waals surface area contributed by atoms with Crippen LogP contribution in [0.3, 0.4) is 0 Å². The minimum absolute atomic E-state index is 0.0170. The molecule has 0 aromatic carbocycles. The lowest BCUT2D eigenvalue weighted by molar-refractivity contribution is -0.265. The number of hydrogen-bond donors (Lipinski definition) is 2. The van der Waals surface area contributed by atoms with E-state index in [1.165, 1.54) is 12.0 Å². The highest BCUT2D eigenvalue weighted by molar-refractivity contribution is 6.39. The third-order valence-electron chi connectivity index (χ3n) is 15.2. The van der Waals surface area contributed by atoms with E-state index in [1.807, 2.05) is 58.1 Å². The van der Waals surface area contributed by atoms with Crippen molar-refractivity contribution in [2.45, 2.75) is 180 Å². The summed E-state index contributed by atoms with van der Waals surface area (Å²) in [6, 6.07) is -1.19. The molecule has 15 atom stereocenters. The van der Waals surface area contributed by atoms with Crippen molar-refractivity contribution < 1.29 is 57.9 Å². The monoisotopic (exact) mass is 966 g/mol. The molecule has 4 aliphatic rings. The van der Waals surface area contributed by atoms with Gasteiger partial charge in [-0.15, -0.1) is 5.10 Å². The van der Waals surface area contributed by atoms with Crippen LogP contribution in [0.5, 0.6) is 0 Å². The van der Waals surface area contributed by atoms with Gasteiger partial charge in [0.2, 0.25) is 5.79 Å². The van der Waals surface area contributed by atoms with Crippen molar-refractivity contribution in [1.82, 2.24) is 25.1 Å². The fourth-order valence-corrected chi connectivity index (χ4v) is 10.7. The van der Waals surface area contributed by atoms with E-state index >= 15 is 0 Å². The molecule has 69 heavy (non-hydrogen) atoms. The van der Waals surface area contributed by atoms with Crippen LogP contribution in [0.25, 0.3) is 0 Å². The minimum Gasteiger partial charge on any atom is -0.460 e. The Kier molecular flexibility index (Phi) is 20.8. The maximum atomic E-state index is 14.5. The van der Waals surface area contributed by atoms with Crippen LogP contribution in [0.2, 0.25) is 0 Å². The molecule has 1 saturated carbocycles. The van der Waals surface area contributed by atoms with Gasteiger partial charge in [-0.3, -0.25) is 19.2 Å². The Hall–Kier alpha value is -4.26. The van der Waals surface area contributed by atoms with E-state index < -0.39 is 77.8 Å². The van der Waals surface area contributed by atoms with Crippen molar-refractivity contribution >= 4 is 29.2 Å². The van der Waals surface area contributed by atoms with Gasteiger partial charge in [0, 0.05) is 58.5 Å². The lowest BCUT2D eigenvalue weighted by Crippen LogP contribution is -2.61. The number of carbonyl (C=O) groups excluding carboxylic acids is 5. The van der Waals surface area contributed by atoms with Crippen LogP contribution in [0.15, 0.2) is 53.9 Å². The first kappa shape index (κ1) is 55.7. The summed E-state index contributed by atoms with van der Waals surface area (Å²) in [5.74, 6) is -7.92. The average Bonchev–Trinajstić information content (AvgIpc) is 3.88. The summed E-state index contributed by atoms with van der Waals surface area (Å²) in [5.41, 5.74) is 1.27. The maximum Gasteiger partial charge on any atom is 0.329 e. The number of aliphatic hydroxyl groups is 2. The molecule has 5 rings (SSSR count). The number of esters is 1. The zero-order valence-electron chi connectivity index (χ0n) is 42.5. The molecule has 1 aliphatic carbocycles. The molecule has 384 valence electrons. The third kappa shape index (κ3) is 14.2. The smallest absolute Gasteiger partial charge is 0.329 e. The Balaban J connectivity index is 1.46. The molecule has 1 aromatic heterocycles. The summed E-state index contributed by atoms with van der Waals surface area (Å²) in [5, 5.41) is 35.2. The van der Waals surface area contributed by atoms with Gasteiger partial charge in [0.05, 0.1) is 24.4 Å². The normalized spacial score (nSPS) is 38.8. The Morgan fingerprint density at radius 3 is 2.32 bits per heavy atom. The van der Waals surface area contributed by atoms with Gasteiger partial charge in [-0.2, -0.15) is 0 Å². The highest BCUT2D eigenvalue weighted by atomic mass is 16.6. The number of tetrazole rings is 1. The van der Waals surface area contributed by atoms with Crippen molar-refractivity contribution in [3.8, 4) is 0 Å². The number of aliphatic hydroxyl groups excluding tert-OH is 1. The summed E-state index contributed by atoms with van der Waals surface area (Å²) in [7, 11) is 4.62. The van der Waals surface area contributed by atoms with Crippen molar-refractivity contribution in [1.29, 1.82) is 0 Å². The molecule has 1 unspecified atom stereocenters. The van der Waals surface area contributed by atoms with Gasteiger partial charge in [-0.1, -0.05) is 71.1 Å². The molecular weight excluding hydrogens is 887 g/mol. The van der Waals surface area contributed by atoms with Gasteiger partial charge < -0.3 is 38.8 Å². The average molecular weight is 966 g/mol. The van der Waals surface area contributed by atoms with E-state index in [0.29, 0.717) is 56.9 Å². The van der Waals surface area contributed by atoms with E-state index in [2.05, 4.69) is 15.5 Å². The topological polar surface area (TPSA) is 219 Å². The zero-order valence-corrected chi connectivity index (χ0v) is 42.5. The highest BCUT2D eigenvalue weighted by Crippen LogP contribution is 2.39. The lowest BCUT2D eigenvalue weighted by Gasteiger charge is -2.42. The summed E-state index contributed by atoms with van der Waals surface area (Å²) in [6.45, 7) is 12.8. The second kappa shape index (κ2) is 25.7. The summed E-state index contributed by atoms with van der Waals surface area (Å²) >= 11 is 0. The number of methoxy groups -OCH3 is 3. The van der Waals surface area contributed by atoms with Crippen LogP contribution in [-0.4, -0.2) is 141 Å². The molecule has 1 aromatic rings. The van der Waals surface area contributed by atoms with Crippen LogP contribution in [0.1, 0.15) is 132 Å². The number of amides is 1. The molecule has 3 fully saturated rings. The summed E-state index contributed by atoms with van der Waals surface area (Å²) < 4.78 is 31.6.